The Labute approximate surface area is 195 Å². The molecule has 1 heterocycles. The zero-order valence-corrected chi connectivity index (χ0v) is 19.1. The molecule has 1 aliphatic carbocycles. The molecule has 1 atom stereocenters. The molecule has 1 unspecified atom stereocenters. The van der Waals surface area contributed by atoms with Crippen molar-refractivity contribution < 1.29 is 14.1 Å². The van der Waals surface area contributed by atoms with E-state index >= 15 is 0 Å². The molecule has 166 valence electrons. The molecule has 5 rings (SSSR count). The minimum Gasteiger partial charge on any atom is -0.478 e. The minimum absolute atomic E-state index is 0.168. The van der Waals surface area contributed by atoms with Gasteiger partial charge in [0, 0.05) is 17.1 Å². The van der Waals surface area contributed by atoms with E-state index < -0.39 is 17.0 Å². The third-order valence-corrected chi connectivity index (χ3v) is 7.63. The van der Waals surface area contributed by atoms with Crippen LogP contribution in [-0.4, -0.2) is 20.3 Å². The molecule has 1 aromatic heterocycles. The number of fused-ring (bicyclic) bond motifs is 2. The van der Waals surface area contributed by atoms with Gasteiger partial charge in [0.25, 0.3) is 0 Å². The van der Waals surface area contributed by atoms with E-state index in [1.165, 1.54) is 29.7 Å². The van der Waals surface area contributed by atoms with E-state index in [4.69, 9.17) is 4.98 Å². The highest BCUT2D eigenvalue weighted by Gasteiger charge is 2.22. The topological polar surface area (TPSA) is 70.5 Å². The second kappa shape index (κ2) is 8.79. The first-order valence-electron chi connectivity index (χ1n) is 11.0. The number of hydrogen-bond acceptors (Lipinski definition) is 3. The molecule has 0 spiro atoms. The van der Waals surface area contributed by atoms with E-state index in [0.29, 0.717) is 17.3 Å². The zero-order chi connectivity index (χ0) is 22.9. The fourth-order valence-electron chi connectivity index (χ4n) is 4.49. The fraction of sp³-hybridized carbons (Fsp3) is 0.185. The number of carbonyl (C=O) groups is 1. The number of anilines is 1. The first-order valence-corrected chi connectivity index (χ1v) is 12.1. The van der Waals surface area contributed by atoms with E-state index in [0.717, 1.165) is 34.7 Å². The van der Waals surface area contributed by atoms with E-state index in [1.54, 1.807) is 12.1 Å². The molecule has 0 radical (unpaired) electrons. The highest BCUT2D eigenvalue weighted by molar-refractivity contribution is 7.86. The Balaban J connectivity index is 1.58. The smallest absolute Gasteiger partial charge is 0.335 e. The largest absolute Gasteiger partial charge is 0.478 e. The summed E-state index contributed by atoms with van der Waals surface area (Å²) in [5.41, 5.74) is 4.98. The highest BCUT2D eigenvalue weighted by Crippen LogP contribution is 2.31. The van der Waals surface area contributed by atoms with Crippen molar-refractivity contribution in [3.63, 3.8) is 0 Å². The number of pyridine rings is 1. The van der Waals surface area contributed by atoms with Gasteiger partial charge < -0.3 is 5.11 Å². The van der Waals surface area contributed by atoms with Crippen LogP contribution in [0.3, 0.4) is 0 Å². The highest BCUT2D eigenvalue weighted by atomic mass is 32.2. The van der Waals surface area contributed by atoms with Crippen LogP contribution in [0, 0.1) is 6.92 Å². The van der Waals surface area contributed by atoms with Crippen molar-refractivity contribution in [2.75, 3.05) is 4.31 Å². The molecular formula is C27H24N2O3S. The molecule has 0 bridgehead atoms. The fourth-order valence-corrected chi connectivity index (χ4v) is 5.72. The van der Waals surface area contributed by atoms with E-state index in [-0.39, 0.29) is 5.56 Å². The molecule has 0 saturated carbocycles. The summed E-state index contributed by atoms with van der Waals surface area (Å²) in [7, 11) is -1.57. The standard InChI is InChI=1S/C27H24N2O3S/c1-18-25-8-3-2-5-23(25)16-28-26(18)29(17-19-9-10-20-6-4-7-22(20)15-19)33(32)24-13-11-21(12-14-24)27(30)31/h2-3,5,8-16H,4,6-7,17H2,1H3,(H,30,31). The van der Waals surface area contributed by atoms with Gasteiger partial charge in [-0.3, -0.25) is 4.31 Å². The van der Waals surface area contributed by atoms with Crippen LogP contribution >= 0.6 is 0 Å². The van der Waals surface area contributed by atoms with E-state index in [9.17, 15) is 14.1 Å². The van der Waals surface area contributed by atoms with E-state index in [1.807, 2.05) is 41.7 Å². The predicted octanol–water partition coefficient (Wildman–Crippen LogP) is 5.46. The van der Waals surface area contributed by atoms with Crippen LogP contribution in [0.1, 0.15) is 39.0 Å². The van der Waals surface area contributed by atoms with Gasteiger partial charge in [-0.2, -0.15) is 0 Å². The van der Waals surface area contributed by atoms with Crippen molar-refractivity contribution >= 4 is 33.5 Å². The Bertz CT molecular complexity index is 1380. The van der Waals surface area contributed by atoms with Gasteiger partial charge in [0.1, 0.15) is 5.82 Å². The van der Waals surface area contributed by atoms with Crippen LogP contribution in [-0.2, 0) is 30.4 Å². The maximum atomic E-state index is 13.8. The Morgan fingerprint density at radius 3 is 2.58 bits per heavy atom. The average Bonchev–Trinajstić information content (AvgIpc) is 3.31. The molecule has 33 heavy (non-hydrogen) atoms. The molecule has 0 saturated heterocycles. The van der Waals surface area contributed by atoms with Gasteiger partial charge in [-0.1, -0.05) is 42.5 Å². The molecule has 1 aliphatic rings. The summed E-state index contributed by atoms with van der Waals surface area (Å²) in [6.45, 7) is 2.44. The number of rotatable bonds is 6. The molecule has 3 aromatic carbocycles. The van der Waals surface area contributed by atoms with Gasteiger partial charge in [-0.25, -0.2) is 14.0 Å². The summed E-state index contributed by atoms with van der Waals surface area (Å²) in [5, 5.41) is 11.3. The number of carboxylic acids is 1. The van der Waals surface area contributed by atoms with Crippen LogP contribution in [0.5, 0.6) is 0 Å². The number of benzene rings is 3. The van der Waals surface area contributed by atoms with Crippen molar-refractivity contribution in [3.8, 4) is 0 Å². The lowest BCUT2D eigenvalue weighted by molar-refractivity contribution is 0.0697. The second-order valence-electron chi connectivity index (χ2n) is 8.37. The maximum Gasteiger partial charge on any atom is 0.335 e. The number of nitrogens with zero attached hydrogens (tertiary/aromatic N) is 2. The predicted molar refractivity (Wildman–Crippen MR) is 131 cm³/mol. The lowest BCUT2D eigenvalue weighted by Gasteiger charge is -2.25. The van der Waals surface area contributed by atoms with Crippen LogP contribution < -0.4 is 4.31 Å². The molecule has 0 amide bonds. The SMILES string of the molecule is Cc1c(N(Cc2ccc3c(c2)CCC3)S(=O)c2ccc(C(=O)O)cc2)ncc2ccccc12. The summed E-state index contributed by atoms with van der Waals surface area (Å²) in [4.78, 5) is 16.5. The zero-order valence-electron chi connectivity index (χ0n) is 18.3. The van der Waals surface area contributed by atoms with Gasteiger partial charge >= 0.3 is 5.97 Å². The Kier molecular flexibility index (Phi) is 5.68. The lowest BCUT2D eigenvalue weighted by atomic mass is 10.1. The number of hydrogen-bond donors (Lipinski definition) is 1. The minimum atomic E-state index is -1.57. The Morgan fingerprint density at radius 2 is 1.79 bits per heavy atom. The van der Waals surface area contributed by atoms with Gasteiger partial charge in [-0.05, 0) is 72.5 Å². The van der Waals surface area contributed by atoms with Crippen molar-refractivity contribution in [1.29, 1.82) is 0 Å². The normalized spacial score (nSPS) is 13.6. The van der Waals surface area contributed by atoms with Crippen molar-refractivity contribution in [1.82, 2.24) is 4.98 Å². The molecule has 6 heteroatoms. The number of carboxylic acid groups (broad SMARTS) is 1. The van der Waals surface area contributed by atoms with Crippen molar-refractivity contribution in [2.24, 2.45) is 0 Å². The van der Waals surface area contributed by atoms with Crippen LogP contribution in [0.2, 0.25) is 0 Å². The first kappa shape index (κ1) is 21.3. The molecule has 0 fully saturated rings. The maximum absolute atomic E-state index is 13.8. The quantitative estimate of drug-likeness (QED) is 0.418. The van der Waals surface area contributed by atoms with Gasteiger partial charge in [0.05, 0.1) is 17.0 Å². The third-order valence-electron chi connectivity index (χ3n) is 6.25. The van der Waals surface area contributed by atoms with Crippen LogP contribution in [0.4, 0.5) is 5.82 Å². The Hall–Kier alpha value is -3.51. The molecule has 5 nitrogen and oxygen atoms in total. The summed E-state index contributed by atoms with van der Waals surface area (Å²) in [6.07, 6.45) is 5.19. The van der Waals surface area contributed by atoms with Crippen LogP contribution in [0.25, 0.3) is 10.8 Å². The lowest BCUT2D eigenvalue weighted by Crippen LogP contribution is -2.27. The van der Waals surface area contributed by atoms with Crippen molar-refractivity contribution in [2.45, 2.75) is 37.6 Å². The average molecular weight is 457 g/mol. The molecule has 0 aliphatic heterocycles. The van der Waals surface area contributed by atoms with Gasteiger partial charge in [-0.15, -0.1) is 0 Å². The Morgan fingerprint density at radius 1 is 1.03 bits per heavy atom. The number of aromatic carboxylic acids is 1. The number of aromatic nitrogens is 1. The van der Waals surface area contributed by atoms with Crippen molar-refractivity contribution in [3.05, 3.63) is 101 Å². The molecular weight excluding hydrogens is 432 g/mol. The molecule has 4 aromatic rings. The summed E-state index contributed by atoms with van der Waals surface area (Å²) in [5.74, 6) is -0.343. The molecule has 1 N–H and O–H groups in total. The summed E-state index contributed by atoms with van der Waals surface area (Å²) < 4.78 is 15.6. The number of aryl methyl sites for hydroxylation is 3. The summed E-state index contributed by atoms with van der Waals surface area (Å²) >= 11 is 0. The first-order chi connectivity index (χ1) is 16.0. The third kappa shape index (κ3) is 4.14. The summed E-state index contributed by atoms with van der Waals surface area (Å²) in [6, 6.07) is 20.8. The van der Waals surface area contributed by atoms with Crippen LogP contribution in [0.15, 0.2) is 77.8 Å². The van der Waals surface area contributed by atoms with E-state index in [2.05, 4.69) is 18.2 Å². The van der Waals surface area contributed by atoms with Gasteiger partial charge in [0.15, 0.2) is 11.0 Å². The monoisotopic (exact) mass is 456 g/mol. The van der Waals surface area contributed by atoms with Gasteiger partial charge in [0.2, 0.25) is 0 Å². The second-order valence-corrected chi connectivity index (χ2v) is 9.78.